The van der Waals surface area contributed by atoms with Gasteiger partial charge in [-0.1, -0.05) is 12.1 Å². The molecule has 0 amide bonds. The van der Waals surface area contributed by atoms with E-state index in [9.17, 15) is 4.79 Å². The second-order valence-electron chi connectivity index (χ2n) is 5.29. The molecule has 1 unspecified atom stereocenters. The fourth-order valence-corrected chi connectivity index (χ4v) is 4.11. The van der Waals surface area contributed by atoms with Crippen molar-refractivity contribution in [3.8, 4) is 5.75 Å². The molecule has 1 fully saturated rings. The van der Waals surface area contributed by atoms with Gasteiger partial charge in [-0.05, 0) is 47.6 Å². The zero-order valence-corrected chi connectivity index (χ0v) is 14.1. The molecular weight excluding hydrogens is 399 g/mol. The number of benzene rings is 1. The van der Waals surface area contributed by atoms with Crippen molar-refractivity contribution in [1.82, 2.24) is 9.97 Å². The highest BCUT2D eigenvalue weighted by atomic mass is 127. The van der Waals surface area contributed by atoms with Gasteiger partial charge in [0.1, 0.15) is 5.75 Å². The third-order valence-corrected chi connectivity index (χ3v) is 5.84. The van der Waals surface area contributed by atoms with Gasteiger partial charge in [0.05, 0.1) is 9.26 Å². The molecular formula is C15H13IN2O2S. The van der Waals surface area contributed by atoms with Gasteiger partial charge in [-0.15, -0.1) is 11.8 Å². The Bertz CT molecular complexity index is 758. The maximum atomic E-state index is 12.1. The molecule has 4 rings (SSSR count). The second-order valence-corrected chi connectivity index (χ2v) is 7.43. The molecule has 6 heteroatoms. The minimum Gasteiger partial charge on any atom is -0.480 e. The average molecular weight is 412 g/mol. The summed E-state index contributed by atoms with van der Waals surface area (Å²) >= 11 is 3.84. The van der Waals surface area contributed by atoms with Crippen LogP contribution in [0.5, 0.6) is 5.75 Å². The number of hydrogen-bond donors (Lipinski definition) is 1. The molecule has 1 aromatic heterocycles. The van der Waals surface area contributed by atoms with Crippen molar-refractivity contribution < 1.29 is 4.74 Å². The molecule has 0 saturated heterocycles. The Hall–Kier alpha value is -1.02. The van der Waals surface area contributed by atoms with Crippen LogP contribution in [0.4, 0.5) is 0 Å². The molecule has 1 aliphatic heterocycles. The summed E-state index contributed by atoms with van der Waals surface area (Å²) in [5.74, 6) is 2.75. The maximum absolute atomic E-state index is 12.1. The van der Waals surface area contributed by atoms with Crippen LogP contribution in [0.25, 0.3) is 0 Å². The van der Waals surface area contributed by atoms with Crippen molar-refractivity contribution in [2.45, 2.75) is 29.8 Å². The fraction of sp³-hybridized carbons (Fsp3) is 0.333. The van der Waals surface area contributed by atoms with Gasteiger partial charge >= 0.3 is 0 Å². The predicted octanol–water partition coefficient (Wildman–Crippen LogP) is 3.48. The Balaban J connectivity index is 1.70. The smallest absolute Gasteiger partial charge is 0.264 e. The Morgan fingerprint density at radius 2 is 2.14 bits per heavy atom. The number of nitrogens with zero attached hydrogens (tertiary/aromatic N) is 1. The first-order chi connectivity index (χ1) is 10.2. The van der Waals surface area contributed by atoms with Crippen LogP contribution in [0, 0.1) is 3.57 Å². The van der Waals surface area contributed by atoms with Crippen molar-refractivity contribution in [3.63, 3.8) is 0 Å². The van der Waals surface area contributed by atoms with Crippen LogP contribution in [0.3, 0.4) is 0 Å². The van der Waals surface area contributed by atoms with Crippen molar-refractivity contribution in [3.05, 3.63) is 49.7 Å². The SMILES string of the molecule is O=c1[nH]c(C2CSc3ccccc3O2)nc(C2CC2)c1I. The lowest BCUT2D eigenvalue weighted by atomic mass is 10.2. The second kappa shape index (κ2) is 5.31. The lowest BCUT2D eigenvalue weighted by molar-refractivity contribution is 0.209. The number of hydrogen-bond acceptors (Lipinski definition) is 4. The molecule has 1 atom stereocenters. The van der Waals surface area contributed by atoms with Gasteiger partial charge in [0.2, 0.25) is 0 Å². The van der Waals surface area contributed by atoms with Crippen molar-refractivity contribution in [2.75, 3.05) is 5.75 Å². The summed E-state index contributed by atoms with van der Waals surface area (Å²) in [7, 11) is 0. The highest BCUT2D eigenvalue weighted by Crippen LogP contribution is 2.42. The Morgan fingerprint density at radius 1 is 1.33 bits per heavy atom. The molecule has 0 radical (unpaired) electrons. The highest BCUT2D eigenvalue weighted by molar-refractivity contribution is 14.1. The zero-order chi connectivity index (χ0) is 14.4. The molecule has 0 spiro atoms. The number of rotatable bonds is 2. The van der Waals surface area contributed by atoms with E-state index >= 15 is 0 Å². The minimum atomic E-state index is -0.188. The van der Waals surface area contributed by atoms with E-state index in [1.165, 1.54) is 0 Å². The first kappa shape index (κ1) is 13.6. The number of thioether (sulfide) groups is 1. The van der Waals surface area contributed by atoms with Crippen molar-refractivity contribution in [2.24, 2.45) is 0 Å². The van der Waals surface area contributed by atoms with E-state index in [2.05, 4.69) is 33.6 Å². The number of halogens is 1. The lowest BCUT2D eigenvalue weighted by Crippen LogP contribution is -2.24. The topological polar surface area (TPSA) is 55.0 Å². The van der Waals surface area contributed by atoms with E-state index in [4.69, 9.17) is 9.72 Å². The molecule has 21 heavy (non-hydrogen) atoms. The molecule has 1 aliphatic carbocycles. The van der Waals surface area contributed by atoms with Crippen LogP contribution in [0.1, 0.15) is 36.4 Å². The lowest BCUT2D eigenvalue weighted by Gasteiger charge is -2.25. The molecule has 4 nitrogen and oxygen atoms in total. The summed E-state index contributed by atoms with van der Waals surface area (Å²) in [5.41, 5.74) is 0.900. The third-order valence-electron chi connectivity index (χ3n) is 3.68. The molecule has 2 aromatic rings. The zero-order valence-electron chi connectivity index (χ0n) is 11.1. The van der Waals surface area contributed by atoms with Crippen LogP contribution in [0.2, 0.25) is 0 Å². The van der Waals surface area contributed by atoms with Gasteiger partial charge in [-0.2, -0.15) is 0 Å². The van der Waals surface area contributed by atoms with Gasteiger partial charge < -0.3 is 9.72 Å². The molecule has 0 bridgehead atoms. The van der Waals surface area contributed by atoms with Gasteiger partial charge in [0, 0.05) is 16.6 Å². The molecule has 2 heterocycles. The predicted molar refractivity (Wildman–Crippen MR) is 90.1 cm³/mol. The molecule has 1 aromatic carbocycles. The van der Waals surface area contributed by atoms with E-state index < -0.39 is 0 Å². The Morgan fingerprint density at radius 3 is 2.95 bits per heavy atom. The number of aromatic nitrogens is 2. The average Bonchev–Trinajstić information content (AvgIpc) is 3.34. The van der Waals surface area contributed by atoms with E-state index in [0.29, 0.717) is 11.7 Å². The Kier molecular flexibility index (Phi) is 3.45. The Labute approximate surface area is 139 Å². The normalized spacial score (nSPS) is 20.7. The fourth-order valence-electron chi connectivity index (χ4n) is 2.43. The number of fused-ring (bicyclic) bond motifs is 1. The summed E-state index contributed by atoms with van der Waals surface area (Å²) in [6.45, 7) is 0. The van der Waals surface area contributed by atoms with E-state index in [0.717, 1.165) is 38.5 Å². The molecule has 108 valence electrons. The summed E-state index contributed by atoms with van der Waals surface area (Å²) in [6.07, 6.45) is 2.08. The van der Waals surface area contributed by atoms with Crippen LogP contribution in [-0.2, 0) is 0 Å². The molecule has 1 N–H and O–H groups in total. The first-order valence-electron chi connectivity index (χ1n) is 6.90. The molecule has 2 aliphatic rings. The van der Waals surface area contributed by atoms with E-state index in [-0.39, 0.29) is 11.7 Å². The standard InChI is InChI=1S/C15H13IN2O2S/c16-12-13(8-5-6-8)17-14(18-15(12)19)10-7-21-11-4-2-1-3-9(11)20-10/h1-4,8,10H,5-7H2,(H,17,18,19). The minimum absolute atomic E-state index is 0.0463. The quantitative estimate of drug-likeness (QED) is 0.768. The summed E-state index contributed by atoms with van der Waals surface area (Å²) in [4.78, 5) is 20.8. The number of nitrogens with one attached hydrogen (secondary N) is 1. The molecule has 1 saturated carbocycles. The number of ether oxygens (including phenoxy) is 1. The van der Waals surface area contributed by atoms with Crippen LogP contribution < -0.4 is 10.3 Å². The largest absolute Gasteiger partial charge is 0.480 e. The van der Waals surface area contributed by atoms with Gasteiger partial charge in [0.25, 0.3) is 5.56 Å². The third kappa shape index (κ3) is 2.59. The first-order valence-corrected chi connectivity index (χ1v) is 8.97. The summed E-state index contributed by atoms with van der Waals surface area (Å²) in [5, 5.41) is 0. The number of aromatic amines is 1. The van der Waals surface area contributed by atoms with Gasteiger partial charge in [0.15, 0.2) is 11.9 Å². The van der Waals surface area contributed by atoms with Crippen LogP contribution in [-0.4, -0.2) is 15.7 Å². The van der Waals surface area contributed by atoms with Crippen LogP contribution in [0.15, 0.2) is 34.0 Å². The van der Waals surface area contributed by atoms with Gasteiger partial charge in [-0.3, -0.25) is 4.79 Å². The van der Waals surface area contributed by atoms with Crippen molar-refractivity contribution >= 4 is 34.4 Å². The monoisotopic (exact) mass is 412 g/mol. The summed E-state index contributed by atoms with van der Waals surface area (Å²) < 4.78 is 6.74. The number of H-pyrrole nitrogens is 1. The number of para-hydroxylation sites is 1. The van der Waals surface area contributed by atoms with E-state index in [1.54, 1.807) is 11.8 Å². The summed E-state index contributed by atoms with van der Waals surface area (Å²) in [6, 6.07) is 7.98. The highest BCUT2D eigenvalue weighted by Gasteiger charge is 2.31. The van der Waals surface area contributed by atoms with Crippen LogP contribution >= 0.6 is 34.4 Å². The van der Waals surface area contributed by atoms with Crippen molar-refractivity contribution in [1.29, 1.82) is 0 Å². The van der Waals surface area contributed by atoms with Gasteiger partial charge in [-0.25, -0.2) is 4.98 Å². The van der Waals surface area contributed by atoms with E-state index in [1.807, 2.05) is 18.2 Å². The maximum Gasteiger partial charge on any atom is 0.264 e.